The van der Waals surface area contributed by atoms with E-state index in [9.17, 15) is 13.2 Å². The number of amides is 1. The van der Waals surface area contributed by atoms with Crippen molar-refractivity contribution in [2.75, 3.05) is 14.1 Å². The molecular weight excluding hydrogens is 294 g/mol. The summed E-state index contributed by atoms with van der Waals surface area (Å²) in [6.45, 7) is 1.65. The highest BCUT2D eigenvalue weighted by Crippen LogP contribution is 2.08. The van der Waals surface area contributed by atoms with Gasteiger partial charge in [0.2, 0.25) is 0 Å². The third-order valence-corrected chi connectivity index (χ3v) is 3.70. The molecule has 114 valence electrons. The molecule has 21 heavy (non-hydrogen) atoms. The molecule has 0 saturated heterocycles. The van der Waals surface area contributed by atoms with E-state index in [4.69, 9.17) is 5.41 Å². The van der Waals surface area contributed by atoms with Gasteiger partial charge in [-0.05, 0) is 19.1 Å². The number of hydrogen-bond acceptors (Lipinski definition) is 6. The standard InChI is InChI=1S/C12H17N5O3S/c1-9(13)7-8-14-11-6-4-5-10(15-11)12(18)16-21(19,20)17(2)3/h4-6,8,13H,7H2,1-3H3,(H,16,18). The van der Waals surface area contributed by atoms with E-state index >= 15 is 0 Å². The van der Waals surface area contributed by atoms with Crippen molar-refractivity contribution in [1.29, 1.82) is 5.41 Å². The first kappa shape index (κ1) is 16.9. The zero-order valence-corrected chi connectivity index (χ0v) is 12.8. The van der Waals surface area contributed by atoms with Crippen LogP contribution in [0.15, 0.2) is 23.2 Å². The minimum Gasteiger partial charge on any atom is -0.310 e. The third-order valence-electron chi connectivity index (χ3n) is 2.29. The zero-order valence-electron chi connectivity index (χ0n) is 12.0. The van der Waals surface area contributed by atoms with Crippen LogP contribution >= 0.6 is 0 Å². The predicted octanol–water partition coefficient (Wildman–Crippen LogP) is 0.750. The molecule has 0 spiro atoms. The summed E-state index contributed by atoms with van der Waals surface area (Å²) in [7, 11) is -1.24. The molecule has 0 aromatic carbocycles. The first-order valence-corrected chi connectivity index (χ1v) is 7.44. The number of rotatable bonds is 6. The fourth-order valence-corrected chi connectivity index (χ4v) is 1.68. The Bertz CT molecular complexity index is 667. The molecule has 9 heteroatoms. The quantitative estimate of drug-likeness (QED) is 0.754. The summed E-state index contributed by atoms with van der Waals surface area (Å²) in [4.78, 5) is 19.8. The van der Waals surface area contributed by atoms with Crippen LogP contribution in [0, 0.1) is 5.41 Å². The number of pyridine rings is 1. The van der Waals surface area contributed by atoms with Crippen LogP contribution in [0.1, 0.15) is 23.8 Å². The fraction of sp³-hybridized carbons (Fsp3) is 0.333. The molecule has 0 fully saturated rings. The largest absolute Gasteiger partial charge is 0.310 e. The molecule has 0 atom stereocenters. The summed E-state index contributed by atoms with van der Waals surface area (Å²) in [5.74, 6) is -0.560. The van der Waals surface area contributed by atoms with E-state index in [1.165, 1.54) is 26.4 Å². The lowest BCUT2D eigenvalue weighted by Crippen LogP contribution is -2.39. The van der Waals surface area contributed by atoms with Gasteiger partial charge in [0, 0.05) is 32.4 Å². The maximum absolute atomic E-state index is 11.8. The summed E-state index contributed by atoms with van der Waals surface area (Å²) >= 11 is 0. The molecule has 0 aliphatic heterocycles. The van der Waals surface area contributed by atoms with E-state index < -0.39 is 16.1 Å². The molecule has 1 heterocycles. The van der Waals surface area contributed by atoms with E-state index in [1.54, 1.807) is 19.1 Å². The second-order valence-electron chi connectivity index (χ2n) is 4.40. The Morgan fingerprint density at radius 3 is 2.71 bits per heavy atom. The highest BCUT2D eigenvalue weighted by atomic mass is 32.2. The third kappa shape index (κ3) is 5.40. The van der Waals surface area contributed by atoms with Crippen molar-refractivity contribution >= 4 is 33.9 Å². The normalized spacial score (nSPS) is 11.8. The van der Waals surface area contributed by atoms with Crippen LogP contribution in [0.5, 0.6) is 0 Å². The molecule has 0 saturated carbocycles. The number of carbonyl (C=O) groups excluding carboxylic acids is 1. The van der Waals surface area contributed by atoms with Gasteiger partial charge in [-0.1, -0.05) is 6.07 Å². The molecular formula is C12H17N5O3S. The van der Waals surface area contributed by atoms with Crippen molar-refractivity contribution in [3.8, 4) is 0 Å². The molecule has 0 bridgehead atoms. The molecule has 0 radical (unpaired) electrons. The lowest BCUT2D eigenvalue weighted by Gasteiger charge is -2.11. The van der Waals surface area contributed by atoms with E-state index in [-0.39, 0.29) is 11.5 Å². The second kappa shape index (κ2) is 7.04. The van der Waals surface area contributed by atoms with Gasteiger partial charge in [0.1, 0.15) is 5.69 Å². The first-order chi connectivity index (χ1) is 9.72. The number of hydrogen-bond donors (Lipinski definition) is 2. The van der Waals surface area contributed by atoms with Gasteiger partial charge in [0.25, 0.3) is 5.91 Å². The Hall–Kier alpha value is -2.13. The summed E-state index contributed by atoms with van der Waals surface area (Å²) in [6.07, 6.45) is 1.88. The van der Waals surface area contributed by atoms with Gasteiger partial charge in [0.05, 0.1) is 0 Å². The van der Waals surface area contributed by atoms with Gasteiger partial charge in [-0.3, -0.25) is 4.79 Å². The zero-order chi connectivity index (χ0) is 16.0. The van der Waals surface area contributed by atoms with Crippen LogP contribution in [-0.4, -0.2) is 49.6 Å². The highest BCUT2D eigenvalue weighted by Gasteiger charge is 2.19. The number of nitrogens with zero attached hydrogens (tertiary/aromatic N) is 3. The SMILES string of the molecule is CC(=N)CC=Nc1cccc(C(=O)NS(=O)(=O)N(C)C)n1. The lowest BCUT2D eigenvalue weighted by atomic mass is 10.3. The van der Waals surface area contributed by atoms with Gasteiger partial charge in [-0.15, -0.1) is 0 Å². The average Bonchev–Trinajstić information content (AvgIpc) is 2.38. The highest BCUT2D eigenvalue weighted by molar-refractivity contribution is 7.87. The van der Waals surface area contributed by atoms with Crippen LogP contribution in [0.3, 0.4) is 0 Å². The number of carbonyl (C=O) groups is 1. The minimum atomic E-state index is -3.86. The van der Waals surface area contributed by atoms with Crippen LogP contribution in [-0.2, 0) is 10.2 Å². The summed E-state index contributed by atoms with van der Waals surface area (Å²) in [6, 6.07) is 4.52. The molecule has 2 N–H and O–H groups in total. The van der Waals surface area contributed by atoms with Crippen molar-refractivity contribution in [1.82, 2.24) is 14.0 Å². The van der Waals surface area contributed by atoms with E-state index in [1.807, 2.05) is 4.72 Å². The minimum absolute atomic E-state index is 0.0540. The van der Waals surface area contributed by atoms with Crippen LogP contribution in [0.4, 0.5) is 5.82 Å². The van der Waals surface area contributed by atoms with Gasteiger partial charge in [-0.25, -0.2) is 14.7 Å². The van der Waals surface area contributed by atoms with Crippen LogP contribution in [0.25, 0.3) is 0 Å². The molecule has 1 aromatic heterocycles. The van der Waals surface area contributed by atoms with E-state index in [2.05, 4.69) is 9.98 Å². The van der Waals surface area contributed by atoms with Crippen molar-refractivity contribution < 1.29 is 13.2 Å². The van der Waals surface area contributed by atoms with Crippen molar-refractivity contribution in [3.05, 3.63) is 23.9 Å². The predicted molar refractivity (Wildman–Crippen MR) is 80.5 cm³/mol. The Balaban J connectivity index is 2.87. The van der Waals surface area contributed by atoms with Gasteiger partial charge >= 0.3 is 10.2 Å². The maximum atomic E-state index is 11.8. The molecule has 8 nitrogen and oxygen atoms in total. The smallest absolute Gasteiger partial charge is 0.303 e. The Kier molecular flexibility index (Phi) is 5.68. The van der Waals surface area contributed by atoms with Crippen molar-refractivity contribution in [3.63, 3.8) is 0 Å². The maximum Gasteiger partial charge on any atom is 0.303 e. The molecule has 1 rings (SSSR count). The van der Waals surface area contributed by atoms with Crippen LogP contribution in [0.2, 0.25) is 0 Å². The van der Waals surface area contributed by atoms with Crippen LogP contribution < -0.4 is 4.72 Å². The Morgan fingerprint density at radius 1 is 1.48 bits per heavy atom. The topological polar surface area (TPSA) is 116 Å². The van der Waals surface area contributed by atoms with Crippen molar-refractivity contribution in [2.45, 2.75) is 13.3 Å². The van der Waals surface area contributed by atoms with Gasteiger partial charge in [0.15, 0.2) is 5.82 Å². The Morgan fingerprint density at radius 2 is 2.14 bits per heavy atom. The monoisotopic (exact) mass is 311 g/mol. The van der Waals surface area contributed by atoms with Crippen molar-refractivity contribution in [2.24, 2.45) is 4.99 Å². The summed E-state index contributed by atoms with van der Waals surface area (Å²) in [5.41, 5.74) is 0.395. The first-order valence-electron chi connectivity index (χ1n) is 6.00. The lowest BCUT2D eigenvalue weighted by molar-refractivity contribution is 0.0975. The molecule has 0 aliphatic carbocycles. The number of aromatic nitrogens is 1. The summed E-state index contributed by atoms with van der Waals surface area (Å²) < 4.78 is 25.9. The molecule has 0 aliphatic rings. The number of nitrogens with one attached hydrogen (secondary N) is 2. The molecule has 1 aromatic rings. The van der Waals surface area contributed by atoms with Gasteiger partial charge < -0.3 is 5.41 Å². The molecule has 1 amide bonds. The Labute approximate surface area is 123 Å². The average molecular weight is 311 g/mol. The van der Waals surface area contributed by atoms with Gasteiger partial charge in [-0.2, -0.15) is 12.7 Å². The second-order valence-corrected chi connectivity index (χ2v) is 6.28. The molecule has 0 unspecified atom stereocenters. The van der Waals surface area contributed by atoms with E-state index in [0.717, 1.165) is 4.31 Å². The fourth-order valence-electron chi connectivity index (χ4n) is 1.16. The van der Waals surface area contributed by atoms with E-state index in [0.29, 0.717) is 12.1 Å². The summed E-state index contributed by atoms with van der Waals surface area (Å²) in [5, 5.41) is 7.26. The number of aliphatic imine (C=N–C) groups is 1.